The fraction of sp³-hybridized carbons (Fsp3) is 0.217. The van der Waals surface area contributed by atoms with Crippen molar-refractivity contribution in [2.24, 2.45) is 0 Å². The molecule has 4 heteroatoms. The van der Waals surface area contributed by atoms with Crippen LogP contribution < -0.4 is 31.1 Å². The fourth-order valence-corrected chi connectivity index (χ4v) is 13.1. The molecule has 358 valence electrons. The summed E-state index contributed by atoms with van der Waals surface area (Å²) in [5.41, 5.74) is 29.0. The van der Waals surface area contributed by atoms with Gasteiger partial charge in [-0.3, -0.25) is 0 Å². The molecule has 0 fully saturated rings. The summed E-state index contributed by atoms with van der Waals surface area (Å²) in [6, 6.07) is 72.2. The molecule has 0 atom stereocenters. The Balaban J connectivity index is 1.08. The molecule has 0 saturated carbocycles. The van der Waals surface area contributed by atoms with Crippen molar-refractivity contribution in [2.45, 2.75) is 97.8 Å². The minimum atomic E-state index is -0.166. The third-order valence-electron chi connectivity index (χ3n) is 17.0. The van der Waals surface area contributed by atoms with Crippen molar-refractivity contribution < 1.29 is 0 Å². The smallest absolute Gasteiger partial charge is 0.252 e. The normalized spacial score (nSPS) is 15.2. The zero-order valence-electron chi connectivity index (χ0n) is 44.3. The van der Waals surface area contributed by atoms with Gasteiger partial charge in [0.1, 0.15) is 0 Å². The number of anilines is 9. The Morgan fingerprint density at radius 2 is 0.863 bits per heavy atom. The largest absolute Gasteiger partial charge is 0.311 e. The second-order valence-electron chi connectivity index (χ2n) is 24.4. The first-order valence-electron chi connectivity index (χ1n) is 26.4. The second kappa shape index (κ2) is 15.7. The van der Waals surface area contributed by atoms with E-state index in [-0.39, 0.29) is 28.4 Å². The van der Waals surface area contributed by atoms with Crippen molar-refractivity contribution in [2.75, 3.05) is 14.7 Å². The van der Waals surface area contributed by atoms with Gasteiger partial charge in [-0.1, -0.05) is 178 Å². The molecule has 0 amide bonds. The first-order valence-corrected chi connectivity index (χ1v) is 26.4. The van der Waals surface area contributed by atoms with Crippen LogP contribution in [0.5, 0.6) is 0 Å². The average molecular weight is 946 g/mol. The molecular formula is C69H64BN3. The van der Waals surface area contributed by atoms with E-state index < -0.39 is 0 Å². The van der Waals surface area contributed by atoms with E-state index >= 15 is 0 Å². The van der Waals surface area contributed by atoms with E-state index in [9.17, 15) is 0 Å². The van der Waals surface area contributed by atoms with Crippen LogP contribution in [0, 0.1) is 6.92 Å². The van der Waals surface area contributed by atoms with Crippen LogP contribution in [0.15, 0.2) is 188 Å². The molecule has 0 spiro atoms. The molecule has 2 heterocycles. The van der Waals surface area contributed by atoms with E-state index in [1.165, 1.54) is 112 Å². The topological polar surface area (TPSA) is 9.72 Å². The van der Waals surface area contributed by atoms with Gasteiger partial charge in [-0.15, -0.1) is 0 Å². The zero-order valence-corrected chi connectivity index (χ0v) is 44.3. The second-order valence-corrected chi connectivity index (χ2v) is 24.4. The van der Waals surface area contributed by atoms with Gasteiger partial charge in [0.2, 0.25) is 0 Å². The molecule has 73 heavy (non-hydrogen) atoms. The van der Waals surface area contributed by atoms with Gasteiger partial charge < -0.3 is 14.7 Å². The van der Waals surface area contributed by atoms with Gasteiger partial charge in [-0.25, -0.2) is 0 Å². The first-order chi connectivity index (χ1) is 34.9. The predicted octanol–water partition coefficient (Wildman–Crippen LogP) is 16.8. The number of hydrogen-bond donors (Lipinski definition) is 0. The number of nitrogens with zero attached hydrogens (tertiary/aromatic N) is 3. The highest BCUT2D eigenvalue weighted by molar-refractivity contribution is 7.00. The van der Waals surface area contributed by atoms with Gasteiger partial charge in [0.05, 0.1) is 0 Å². The summed E-state index contributed by atoms with van der Waals surface area (Å²) in [6.07, 6.45) is 0. The van der Waals surface area contributed by atoms with E-state index in [2.05, 4.69) is 279 Å². The van der Waals surface area contributed by atoms with Gasteiger partial charge in [0.25, 0.3) is 6.71 Å². The van der Waals surface area contributed by atoms with E-state index in [1.54, 1.807) is 0 Å². The van der Waals surface area contributed by atoms with Crippen LogP contribution in [0.1, 0.15) is 108 Å². The van der Waals surface area contributed by atoms with Crippen molar-refractivity contribution >= 4 is 74.3 Å². The maximum Gasteiger partial charge on any atom is 0.252 e. The third-order valence-corrected chi connectivity index (χ3v) is 17.0. The van der Waals surface area contributed by atoms with E-state index in [0.717, 1.165) is 17.1 Å². The van der Waals surface area contributed by atoms with Crippen LogP contribution in [-0.2, 0) is 21.7 Å². The first kappa shape index (κ1) is 45.3. The van der Waals surface area contributed by atoms with E-state index in [4.69, 9.17) is 0 Å². The Hall–Kier alpha value is -7.56. The molecule has 0 radical (unpaired) electrons. The lowest BCUT2D eigenvalue weighted by molar-refractivity contribution is 0.590. The number of para-hydroxylation sites is 1. The van der Waals surface area contributed by atoms with Gasteiger partial charge in [-0.05, 0) is 174 Å². The average Bonchev–Trinajstić information content (AvgIpc) is 3.74. The molecule has 9 aromatic carbocycles. The Labute approximate surface area is 433 Å². The molecule has 2 aliphatic carbocycles. The maximum absolute atomic E-state index is 2.62. The number of hydrogen-bond acceptors (Lipinski definition) is 3. The van der Waals surface area contributed by atoms with E-state index in [1.807, 2.05) is 0 Å². The predicted molar refractivity (Wildman–Crippen MR) is 312 cm³/mol. The monoisotopic (exact) mass is 946 g/mol. The molecule has 0 bridgehead atoms. The van der Waals surface area contributed by atoms with Crippen molar-refractivity contribution in [3.8, 4) is 22.3 Å². The molecule has 13 rings (SSSR count). The third kappa shape index (κ3) is 6.79. The summed E-state index contributed by atoms with van der Waals surface area (Å²) in [6.45, 7) is 25.8. The Morgan fingerprint density at radius 3 is 1.42 bits per heavy atom. The number of fused-ring (bicyclic) bond motifs is 10. The minimum Gasteiger partial charge on any atom is -0.311 e. The molecule has 0 unspecified atom stereocenters. The maximum atomic E-state index is 2.62. The number of aryl methyl sites for hydroxylation is 1. The lowest BCUT2D eigenvalue weighted by atomic mass is 9.33. The van der Waals surface area contributed by atoms with Gasteiger partial charge in [0, 0.05) is 62.0 Å². The van der Waals surface area contributed by atoms with Crippen molar-refractivity contribution in [3.63, 3.8) is 0 Å². The van der Waals surface area contributed by atoms with Gasteiger partial charge in [-0.2, -0.15) is 0 Å². The molecule has 2 aliphatic heterocycles. The number of rotatable bonds is 5. The molecule has 9 aromatic rings. The summed E-state index contributed by atoms with van der Waals surface area (Å²) in [7, 11) is 0. The van der Waals surface area contributed by atoms with Gasteiger partial charge >= 0.3 is 0 Å². The SMILES string of the molecule is Cc1cc2c3c(c1)N(c1ccc4c(c1)C(C)(C)c1ccccc1-4)c1cc(N(c4ccccc4)c4ccc(C(C)(C)C)cc4)ccc1B3c1cc(C(C)(C)C)ccc1N2c1ccc2c(c1)C(C)(C)c1ccccc1-2. The van der Waals surface area contributed by atoms with Crippen LogP contribution in [0.3, 0.4) is 0 Å². The molecule has 3 nitrogen and oxygen atoms in total. The van der Waals surface area contributed by atoms with Crippen LogP contribution >= 0.6 is 0 Å². The molecule has 0 N–H and O–H groups in total. The Kier molecular flexibility index (Phi) is 9.76. The van der Waals surface area contributed by atoms with Crippen molar-refractivity contribution in [3.05, 3.63) is 227 Å². The van der Waals surface area contributed by atoms with Crippen LogP contribution in [0.4, 0.5) is 51.2 Å². The summed E-state index contributed by atoms with van der Waals surface area (Å²) in [5, 5.41) is 0. The quantitative estimate of drug-likeness (QED) is 0.159. The Bertz CT molecular complexity index is 3740. The highest BCUT2D eigenvalue weighted by atomic mass is 15.2. The standard InChI is InChI=1S/C69H64BN3/c1-43-37-63-65-64(38-43)73(49-31-34-54-52-22-16-18-24-56(52)69(10,11)58(54)41-49)62-42-50(71(46-19-13-12-14-20-46)47-28-25-44(26-29-47)66(2,3)4)32-35-59(62)70(65)60-39-45(67(5,6)7)27-36-61(60)72(63)48-30-33-53-51-21-15-17-23-55(51)68(8,9)57(53)40-48/h12-42H,1-11H3. The lowest BCUT2D eigenvalue weighted by Crippen LogP contribution is -2.61. The number of benzene rings is 9. The van der Waals surface area contributed by atoms with Crippen LogP contribution in [-0.4, -0.2) is 6.71 Å². The zero-order chi connectivity index (χ0) is 50.5. The molecular weight excluding hydrogens is 882 g/mol. The molecule has 0 aromatic heterocycles. The van der Waals surface area contributed by atoms with Gasteiger partial charge in [0.15, 0.2) is 0 Å². The van der Waals surface area contributed by atoms with Crippen LogP contribution in [0.25, 0.3) is 22.3 Å². The minimum absolute atomic E-state index is 0.0269. The Morgan fingerprint density at radius 1 is 0.384 bits per heavy atom. The van der Waals surface area contributed by atoms with Crippen LogP contribution in [0.2, 0.25) is 0 Å². The molecule has 4 aliphatic rings. The molecule has 0 saturated heterocycles. The summed E-state index contributed by atoms with van der Waals surface area (Å²) >= 11 is 0. The van der Waals surface area contributed by atoms with Crippen molar-refractivity contribution in [1.82, 2.24) is 0 Å². The van der Waals surface area contributed by atoms with Crippen molar-refractivity contribution in [1.29, 1.82) is 0 Å². The highest BCUT2D eigenvalue weighted by Gasteiger charge is 2.46. The summed E-state index contributed by atoms with van der Waals surface area (Å²) in [4.78, 5) is 7.65. The lowest BCUT2D eigenvalue weighted by Gasteiger charge is -2.45. The van der Waals surface area contributed by atoms with E-state index in [0.29, 0.717) is 0 Å². The summed E-state index contributed by atoms with van der Waals surface area (Å²) in [5.74, 6) is 0. The highest BCUT2D eigenvalue weighted by Crippen LogP contribution is 2.54. The fourth-order valence-electron chi connectivity index (χ4n) is 13.1. The summed E-state index contributed by atoms with van der Waals surface area (Å²) < 4.78 is 0.